The molecule has 27 heavy (non-hydrogen) atoms. The second kappa shape index (κ2) is 7.70. The fraction of sp³-hybridized carbons (Fsp3) is 0.450. The molecule has 0 aliphatic carbocycles. The third-order valence-corrected chi connectivity index (χ3v) is 4.31. The van der Waals surface area contributed by atoms with Gasteiger partial charge in [0.15, 0.2) is 11.5 Å². The number of fused-ring (bicyclic) bond motifs is 1. The lowest BCUT2D eigenvalue weighted by Crippen LogP contribution is -2.40. The van der Waals surface area contributed by atoms with Crippen molar-refractivity contribution < 1.29 is 23.9 Å². The van der Waals surface area contributed by atoms with Gasteiger partial charge in [0.25, 0.3) is 0 Å². The van der Waals surface area contributed by atoms with Crippen molar-refractivity contribution in [2.24, 2.45) is 0 Å². The summed E-state index contributed by atoms with van der Waals surface area (Å²) in [5, 5.41) is 2.56. The van der Waals surface area contributed by atoms with Gasteiger partial charge in [-0.3, -0.25) is 19.3 Å². The van der Waals surface area contributed by atoms with Crippen molar-refractivity contribution in [2.45, 2.75) is 38.7 Å². The summed E-state index contributed by atoms with van der Waals surface area (Å²) in [5.41, 5.74) is 0.874. The molecule has 0 radical (unpaired) electrons. The SMILES string of the molecule is CC1(C)Cc2cccc(OCC#CCNC(=O)CN3C(=O)CCC3=O)c2O1. The molecule has 0 aromatic heterocycles. The molecule has 1 saturated heterocycles. The van der Waals surface area contributed by atoms with Crippen LogP contribution in [0, 0.1) is 11.8 Å². The second-order valence-electron chi connectivity index (χ2n) is 7.08. The molecule has 1 aromatic rings. The molecule has 1 aromatic carbocycles. The van der Waals surface area contributed by atoms with Gasteiger partial charge in [0, 0.05) is 24.8 Å². The highest BCUT2D eigenvalue weighted by Crippen LogP contribution is 2.41. The van der Waals surface area contributed by atoms with Crippen LogP contribution in [-0.2, 0) is 20.8 Å². The number of likely N-dealkylation sites (tertiary alicyclic amines) is 1. The van der Waals surface area contributed by atoms with Gasteiger partial charge >= 0.3 is 0 Å². The first-order valence-electron chi connectivity index (χ1n) is 8.85. The van der Waals surface area contributed by atoms with E-state index in [1.165, 1.54) is 0 Å². The minimum atomic E-state index is -0.412. The monoisotopic (exact) mass is 370 g/mol. The van der Waals surface area contributed by atoms with Crippen molar-refractivity contribution in [3.05, 3.63) is 23.8 Å². The van der Waals surface area contributed by atoms with E-state index in [-0.39, 0.29) is 50.0 Å². The van der Waals surface area contributed by atoms with Gasteiger partial charge in [0.05, 0.1) is 6.54 Å². The maximum atomic E-state index is 11.8. The molecular formula is C20H22N2O5. The molecule has 2 aliphatic heterocycles. The Hall–Kier alpha value is -3.01. The van der Waals surface area contributed by atoms with E-state index in [9.17, 15) is 14.4 Å². The van der Waals surface area contributed by atoms with Crippen molar-refractivity contribution >= 4 is 17.7 Å². The zero-order valence-electron chi connectivity index (χ0n) is 15.5. The summed E-state index contributed by atoms with van der Waals surface area (Å²) < 4.78 is 11.6. The van der Waals surface area contributed by atoms with Crippen LogP contribution in [0.25, 0.3) is 0 Å². The van der Waals surface area contributed by atoms with Gasteiger partial charge in [-0.2, -0.15) is 0 Å². The summed E-state index contributed by atoms with van der Waals surface area (Å²) in [6.45, 7) is 4.10. The Bertz CT molecular complexity index is 819. The first kappa shape index (κ1) is 18.8. The number of hydrogen-bond acceptors (Lipinski definition) is 5. The van der Waals surface area contributed by atoms with Gasteiger partial charge in [0.2, 0.25) is 17.7 Å². The molecule has 0 atom stereocenters. The maximum Gasteiger partial charge on any atom is 0.240 e. The normalized spacial score (nSPS) is 17.0. The predicted octanol–water partition coefficient (Wildman–Crippen LogP) is 1.05. The lowest BCUT2D eigenvalue weighted by molar-refractivity contribution is -0.142. The summed E-state index contributed by atoms with van der Waals surface area (Å²) >= 11 is 0. The van der Waals surface area contributed by atoms with E-state index in [0.717, 1.165) is 22.6 Å². The van der Waals surface area contributed by atoms with E-state index in [1.807, 2.05) is 32.0 Å². The molecule has 2 heterocycles. The number of imide groups is 1. The fourth-order valence-corrected chi connectivity index (χ4v) is 3.07. The molecule has 0 spiro atoms. The van der Waals surface area contributed by atoms with Gasteiger partial charge in [-0.25, -0.2) is 0 Å². The van der Waals surface area contributed by atoms with Crippen LogP contribution < -0.4 is 14.8 Å². The Balaban J connectivity index is 1.42. The van der Waals surface area contributed by atoms with E-state index in [0.29, 0.717) is 5.75 Å². The van der Waals surface area contributed by atoms with Crippen molar-refractivity contribution in [3.8, 4) is 23.3 Å². The van der Waals surface area contributed by atoms with Crippen molar-refractivity contribution in [1.82, 2.24) is 10.2 Å². The third-order valence-electron chi connectivity index (χ3n) is 4.31. The van der Waals surface area contributed by atoms with E-state index >= 15 is 0 Å². The minimum absolute atomic E-state index is 0.120. The number of ether oxygens (including phenoxy) is 2. The van der Waals surface area contributed by atoms with Crippen LogP contribution in [-0.4, -0.2) is 47.9 Å². The molecule has 3 rings (SSSR count). The van der Waals surface area contributed by atoms with Gasteiger partial charge in [-0.05, 0) is 19.9 Å². The number of amides is 3. The number of nitrogens with zero attached hydrogens (tertiary/aromatic N) is 1. The highest BCUT2D eigenvalue weighted by Gasteiger charge is 2.32. The molecule has 7 nitrogen and oxygen atoms in total. The van der Waals surface area contributed by atoms with Crippen LogP contribution in [0.3, 0.4) is 0 Å². The fourth-order valence-electron chi connectivity index (χ4n) is 3.07. The van der Waals surface area contributed by atoms with Crippen molar-refractivity contribution in [2.75, 3.05) is 19.7 Å². The lowest BCUT2D eigenvalue weighted by Gasteiger charge is -2.17. The predicted molar refractivity (Wildman–Crippen MR) is 97.1 cm³/mol. The van der Waals surface area contributed by atoms with Gasteiger partial charge < -0.3 is 14.8 Å². The average Bonchev–Trinajstić information content (AvgIpc) is 3.10. The highest BCUT2D eigenvalue weighted by atomic mass is 16.5. The van der Waals surface area contributed by atoms with Crippen LogP contribution >= 0.6 is 0 Å². The number of rotatable bonds is 5. The number of para-hydroxylation sites is 1. The minimum Gasteiger partial charge on any atom is -0.483 e. The van der Waals surface area contributed by atoms with Gasteiger partial charge in [-0.15, -0.1) is 0 Å². The summed E-state index contributed by atoms with van der Waals surface area (Å²) in [6.07, 6.45) is 1.18. The largest absolute Gasteiger partial charge is 0.483 e. The quantitative estimate of drug-likeness (QED) is 0.619. The number of hydrogen-bond donors (Lipinski definition) is 1. The molecule has 0 unspecified atom stereocenters. The summed E-state index contributed by atoms with van der Waals surface area (Å²) in [4.78, 5) is 35.7. The zero-order chi connectivity index (χ0) is 19.4. The third kappa shape index (κ3) is 4.59. The molecule has 1 N–H and O–H groups in total. The first-order valence-corrected chi connectivity index (χ1v) is 8.85. The van der Waals surface area contributed by atoms with Crippen molar-refractivity contribution in [1.29, 1.82) is 0 Å². The number of benzene rings is 1. The Morgan fingerprint density at radius 1 is 1.26 bits per heavy atom. The molecule has 142 valence electrons. The summed E-state index contributed by atoms with van der Waals surface area (Å²) in [6, 6.07) is 5.79. The van der Waals surface area contributed by atoms with Crippen LogP contribution in [0.2, 0.25) is 0 Å². The smallest absolute Gasteiger partial charge is 0.240 e. The van der Waals surface area contributed by atoms with Crippen LogP contribution in [0.4, 0.5) is 0 Å². The standard InChI is InChI=1S/C20H22N2O5/c1-20(2)12-14-6-5-7-15(19(14)27-20)26-11-4-3-10-21-16(23)13-22-17(24)8-9-18(22)25/h5-7H,8-13H2,1-2H3,(H,21,23). The van der Waals surface area contributed by atoms with E-state index in [2.05, 4.69) is 17.2 Å². The Kier molecular flexibility index (Phi) is 5.36. The Morgan fingerprint density at radius 3 is 2.74 bits per heavy atom. The highest BCUT2D eigenvalue weighted by molar-refractivity contribution is 6.04. The van der Waals surface area contributed by atoms with E-state index in [1.54, 1.807) is 0 Å². The van der Waals surface area contributed by atoms with Gasteiger partial charge in [-0.1, -0.05) is 24.0 Å². The van der Waals surface area contributed by atoms with Crippen LogP contribution in [0.15, 0.2) is 18.2 Å². The number of carbonyl (C=O) groups excluding carboxylic acids is 3. The van der Waals surface area contributed by atoms with Gasteiger partial charge in [0.1, 0.15) is 18.8 Å². The number of carbonyl (C=O) groups is 3. The average molecular weight is 370 g/mol. The maximum absolute atomic E-state index is 11.8. The topological polar surface area (TPSA) is 84.9 Å². The molecule has 0 saturated carbocycles. The molecule has 1 fully saturated rings. The van der Waals surface area contributed by atoms with Crippen LogP contribution in [0.1, 0.15) is 32.3 Å². The Labute approximate surface area is 158 Å². The molecule has 0 bridgehead atoms. The molecule has 7 heteroatoms. The molecular weight excluding hydrogens is 348 g/mol. The Morgan fingerprint density at radius 2 is 2.00 bits per heavy atom. The zero-order valence-corrected chi connectivity index (χ0v) is 15.5. The molecule has 3 amide bonds. The second-order valence-corrected chi connectivity index (χ2v) is 7.08. The summed E-state index contributed by atoms with van der Waals surface area (Å²) in [7, 11) is 0. The van der Waals surface area contributed by atoms with Crippen LogP contribution in [0.5, 0.6) is 11.5 Å². The lowest BCUT2D eigenvalue weighted by atomic mass is 10.0. The van der Waals surface area contributed by atoms with Crippen molar-refractivity contribution in [3.63, 3.8) is 0 Å². The summed E-state index contributed by atoms with van der Waals surface area (Å²) in [5.74, 6) is 5.99. The van der Waals surface area contributed by atoms with E-state index in [4.69, 9.17) is 9.47 Å². The van der Waals surface area contributed by atoms with E-state index < -0.39 is 5.91 Å². The number of nitrogens with one attached hydrogen (secondary N) is 1. The molecule has 2 aliphatic rings. The first-order chi connectivity index (χ1) is 12.9.